The summed E-state index contributed by atoms with van der Waals surface area (Å²) < 4.78 is 0. The number of urea groups is 1. The van der Waals surface area contributed by atoms with E-state index < -0.39 is 11.9 Å². The molecule has 0 saturated carbocycles. The Hall–Kier alpha value is -3.73. The molecule has 2 amide bonds. The van der Waals surface area contributed by atoms with Crippen LogP contribution in [0.1, 0.15) is 12.8 Å². The Morgan fingerprint density at radius 1 is 0.969 bits per heavy atom. The molecule has 0 atom stereocenters. The Bertz CT molecular complexity index is 937. The molecule has 2 aromatic rings. The molecular weight excluding hydrogens is 416 g/mol. The van der Waals surface area contributed by atoms with Crippen LogP contribution in [0.3, 0.4) is 0 Å². The summed E-state index contributed by atoms with van der Waals surface area (Å²) in [5, 5.41) is 18.0. The number of para-hydroxylation sites is 2. The van der Waals surface area contributed by atoms with Crippen molar-refractivity contribution in [2.75, 3.05) is 43.0 Å². The molecule has 11 heteroatoms. The van der Waals surface area contributed by atoms with E-state index in [1.807, 2.05) is 29.2 Å². The maximum absolute atomic E-state index is 12.9. The van der Waals surface area contributed by atoms with Crippen LogP contribution in [0.2, 0.25) is 0 Å². The zero-order valence-corrected chi connectivity index (χ0v) is 17.7. The Morgan fingerprint density at radius 3 is 2.22 bits per heavy atom. The van der Waals surface area contributed by atoms with E-state index in [-0.39, 0.29) is 12.1 Å². The molecule has 0 bridgehead atoms. The molecule has 3 N–H and O–H groups in total. The van der Waals surface area contributed by atoms with Crippen LogP contribution in [-0.2, 0) is 9.59 Å². The molecule has 1 aromatic carbocycles. The Kier molecular flexibility index (Phi) is 7.55. The second kappa shape index (κ2) is 10.5. The van der Waals surface area contributed by atoms with Crippen molar-refractivity contribution in [1.29, 1.82) is 0 Å². The summed E-state index contributed by atoms with van der Waals surface area (Å²) >= 11 is 0. The van der Waals surface area contributed by atoms with Gasteiger partial charge in [0.1, 0.15) is 0 Å². The summed E-state index contributed by atoms with van der Waals surface area (Å²) in [5.74, 6) is -2.85. The van der Waals surface area contributed by atoms with Crippen LogP contribution in [0.15, 0.2) is 42.9 Å². The maximum atomic E-state index is 12.9. The molecule has 1 fully saturated rings. The highest BCUT2D eigenvalue weighted by atomic mass is 16.4. The molecule has 1 saturated heterocycles. The van der Waals surface area contributed by atoms with Gasteiger partial charge in [-0.1, -0.05) is 12.1 Å². The Balaban J connectivity index is 0.000000427. The number of nitrogens with zero attached hydrogens (tertiary/aromatic N) is 5. The first-order chi connectivity index (χ1) is 15.4. The molecule has 0 unspecified atom stereocenters. The number of anilines is 3. The molecule has 3 heterocycles. The van der Waals surface area contributed by atoms with Gasteiger partial charge >= 0.3 is 18.0 Å². The van der Waals surface area contributed by atoms with Crippen molar-refractivity contribution in [3.05, 3.63) is 42.9 Å². The van der Waals surface area contributed by atoms with Crippen LogP contribution in [0.5, 0.6) is 0 Å². The second-order valence-corrected chi connectivity index (χ2v) is 7.49. The number of piperidine rings is 1. The lowest BCUT2D eigenvalue weighted by Gasteiger charge is -2.38. The average molecular weight is 442 g/mol. The van der Waals surface area contributed by atoms with Gasteiger partial charge in [-0.3, -0.25) is 9.88 Å². The van der Waals surface area contributed by atoms with Crippen molar-refractivity contribution in [2.45, 2.75) is 18.9 Å². The third-order valence-electron chi connectivity index (χ3n) is 5.31. The van der Waals surface area contributed by atoms with Crippen molar-refractivity contribution >= 4 is 35.2 Å². The Morgan fingerprint density at radius 2 is 1.62 bits per heavy atom. The number of carboxylic acids is 2. The monoisotopic (exact) mass is 442 g/mol. The minimum Gasteiger partial charge on any atom is -0.473 e. The first kappa shape index (κ1) is 22.9. The van der Waals surface area contributed by atoms with E-state index in [2.05, 4.69) is 32.1 Å². The van der Waals surface area contributed by atoms with Gasteiger partial charge in [0.15, 0.2) is 5.82 Å². The van der Waals surface area contributed by atoms with Gasteiger partial charge in [0.25, 0.3) is 0 Å². The lowest BCUT2D eigenvalue weighted by molar-refractivity contribution is -0.159. The fourth-order valence-electron chi connectivity index (χ4n) is 3.65. The van der Waals surface area contributed by atoms with Gasteiger partial charge in [0, 0.05) is 31.5 Å². The minimum atomic E-state index is -1.82. The first-order valence-corrected chi connectivity index (χ1v) is 10.2. The number of carboxylic acid groups (broad SMARTS) is 2. The molecule has 11 nitrogen and oxygen atoms in total. The van der Waals surface area contributed by atoms with Crippen LogP contribution < -0.4 is 15.1 Å². The number of amides is 2. The summed E-state index contributed by atoms with van der Waals surface area (Å²) in [6, 6.07) is 8.22. The van der Waals surface area contributed by atoms with Gasteiger partial charge < -0.3 is 25.3 Å². The number of nitrogens with one attached hydrogen (secondary N) is 1. The Labute approximate surface area is 185 Å². The summed E-state index contributed by atoms with van der Waals surface area (Å²) in [4.78, 5) is 46.0. The van der Waals surface area contributed by atoms with Gasteiger partial charge in [-0.2, -0.15) is 0 Å². The predicted octanol–water partition coefficient (Wildman–Crippen LogP) is 1.39. The standard InChI is InChI=1S/C19H24N6O.C2H2O4/c1-23-10-6-15(7-11-23)22-19(26)25-13-12-24(18-14-20-8-9-21-18)16-4-2-3-5-17(16)25;3-1(4)2(5)6/h2-5,8-9,14-15H,6-7,10-13H2,1H3,(H,22,26);(H,3,4)(H,5,6). The van der Waals surface area contributed by atoms with E-state index in [1.54, 1.807) is 18.6 Å². The van der Waals surface area contributed by atoms with Gasteiger partial charge in [-0.05, 0) is 45.1 Å². The number of hydrogen-bond acceptors (Lipinski definition) is 7. The predicted molar refractivity (Wildman–Crippen MR) is 117 cm³/mol. The van der Waals surface area contributed by atoms with E-state index in [0.29, 0.717) is 13.1 Å². The highest BCUT2D eigenvalue weighted by molar-refractivity contribution is 6.27. The van der Waals surface area contributed by atoms with Crippen LogP contribution >= 0.6 is 0 Å². The first-order valence-electron chi connectivity index (χ1n) is 10.2. The summed E-state index contributed by atoms with van der Waals surface area (Å²) in [7, 11) is 2.12. The van der Waals surface area contributed by atoms with Gasteiger partial charge in [-0.25, -0.2) is 19.4 Å². The largest absolute Gasteiger partial charge is 0.473 e. The molecule has 1 aromatic heterocycles. The number of hydrogen-bond donors (Lipinski definition) is 3. The van der Waals surface area contributed by atoms with E-state index in [0.717, 1.165) is 43.1 Å². The molecular formula is C21H26N6O5. The number of likely N-dealkylation sites (tertiary alicyclic amines) is 1. The number of aliphatic carboxylic acids is 2. The van der Waals surface area contributed by atoms with E-state index in [9.17, 15) is 4.79 Å². The molecule has 4 rings (SSSR count). The average Bonchev–Trinajstić information content (AvgIpc) is 2.80. The van der Waals surface area contributed by atoms with Crippen LogP contribution in [-0.4, -0.2) is 82.3 Å². The molecule has 0 aliphatic carbocycles. The minimum absolute atomic E-state index is 0.00852. The van der Waals surface area contributed by atoms with Crippen LogP contribution in [0.4, 0.5) is 22.0 Å². The van der Waals surface area contributed by atoms with E-state index >= 15 is 0 Å². The quantitative estimate of drug-likeness (QED) is 0.589. The van der Waals surface area contributed by atoms with E-state index in [1.165, 1.54) is 0 Å². The number of rotatable bonds is 2. The normalized spacial score (nSPS) is 16.4. The smallest absolute Gasteiger partial charge is 0.414 e. The third-order valence-corrected chi connectivity index (χ3v) is 5.31. The number of aromatic nitrogens is 2. The SMILES string of the molecule is CN1CCC(NC(=O)N2CCN(c3cnccn3)c3ccccc32)CC1.O=C(O)C(=O)O. The highest BCUT2D eigenvalue weighted by Crippen LogP contribution is 2.36. The molecule has 0 spiro atoms. The maximum Gasteiger partial charge on any atom is 0.414 e. The van der Waals surface area contributed by atoms with Crippen LogP contribution in [0.25, 0.3) is 0 Å². The summed E-state index contributed by atoms with van der Waals surface area (Å²) in [5.41, 5.74) is 1.90. The molecule has 32 heavy (non-hydrogen) atoms. The van der Waals surface area contributed by atoms with Crippen molar-refractivity contribution in [1.82, 2.24) is 20.2 Å². The number of fused-ring (bicyclic) bond motifs is 1. The zero-order chi connectivity index (χ0) is 23.1. The van der Waals surface area contributed by atoms with Crippen molar-refractivity contribution in [3.63, 3.8) is 0 Å². The van der Waals surface area contributed by atoms with Crippen molar-refractivity contribution in [3.8, 4) is 0 Å². The van der Waals surface area contributed by atoms with E-state index in [4.69, 9.17) is 19.8 Å². The molecule has 2 aliphatic rings. The van der Waals surface area contributed by atoms with Gasteiger partial charge in [0.05, 0.1) is 17.6 Å². The highest BCUT2D eigenvalue weighted by Gasteiger charge is 2.29. The van der Waals surface area contributed by atoms with Gasteiger partial charge in [0.2, 0.25) is 0 Å². The molecule has 0 radical (unpaired) electrons. The molecule has 2 aliphatic heterocycles. The third kappa shape index (κ3) is 5.70. The number of benzene rings is 1. The summed E-state index contributed by atoms with van der Waals surface area (Å²) in [6.45, 7) is 3.37. The van der Waals surface area contributed by atoms with Crippen LogP contribution in [0, 0.1) is 0 Å². The fraction of sp³-hybridized carbons (Fsp3) is 0.381. The van der Waals surface area contributed by atoms with Crippen molar-refractivity contribution in [2.24, 2.45) is 0 Å². The topological polar surface area (TPSA) is 139 Å². The second-order valence-electron chi connectivity index (χ2n) is 7.49. The lowest BCUT2D eigenvalue weighted by Crippen LogP contribution is -2.52. The summed E-state index contributed by atoms with van der Waals surface area (Å²) in [6.07, 6.45) is 7.12. The zero-order valence-electron chi connectivity index (χ0n) is 17.7. The van der Waals surface area contributed by atoms with Gasteiger partial charge in [-0.15, -0.1) is 0 Å². The fourth-order valence-corrected chi connectivity index (χ4v) is 3.65. The van der Waals surface area contributed by atoms with Crippen molar-refractivity contribution < 1.29 is 24.6 Å². The number of carbonyl (C=O) groups excluding carboxylic acids is 1. The number of carbonyl (C=O) groups is 3. The lowest BCUT2D eigenvalue weighted by atomic mass is 10.1. The molecule has 170 valence electrons.